The number of rotatable bonds is 3. The number of hydrogen-bond donors (Lipinski definition) is 0. The molecule has 0 N–H and O–H groups in total. The Kier molecular flexibility index (Phi) is 3.39. The average molecular weight is 285 g/mol. The van der Waals surface area contributed by atoms with E-state index in [1.54, 1.807) is 11.1 Å². The fourth-order valence-electron chi connectivity index (χ4n) is 2.37. The Balaban J connectivity index is 1.85. The van der Waals surface area contributed by atoms with E-state index in [2.05, 4.69) is 25.0 Å². The number of hydrogen-bond acceptors (Lipinski definition) is 8. The SMILES string of the molecule is CN(C)c1noc(C2CCCN2c2cnc(C#N)cn2)n1. The summed E-state index contributed by atoms with van der Waals surface area (Å²) in [6.07, 6.45) is 5.03. The molecule has 0 bridgehead atoms. The van der Waals surface area contributed by atoms with Gasteiger partial charge in [0.25, 0.3) is 11.8 Å². The van der Waals surface area contributed by atoms with Gasteiger partial charge in [0, 0.05) is 20.6 Å². The summed E-state index contributed by atoms with van der Waals surface area (Å²) < 4.78 is 5.36. The predicted octanol–water partition coefficient (Wildman–Crippen LogP) is 1.14. The van der Waals surface area contributed by atoms with Crippen molar-refractivity contribution in [1.29, 1.82) is 5.26 Å². The summed E-state index contributed by atoms with van der Waals surface area (Å²) in [5.41, 5.74) is 0.308. The molecule has 8 heteroatoms. The summed E-state index contributed by atoms with van der Waals surface area (Å²) in [5, 5.41) is 12.7. The molecular weight excluding hydrogens is 270 g/mol. The smallest absolute Gasteiger partial charge is 0.265 e. The number of nitriles is 1. The van der Waals surface area contributed by atoms with E-state index in [0.29, 0.717) is 17.5 Å². The first-order valence-electron chi connectivity index (χ1n) is 6.69. The third-order valence-corrected chi connectivity index (χ3v) is 3.42. The third-order valence-electron chi connectivity index (χ3n) is 3.42. The van der Waals surface area contributed by atoms with Crippen LogP contribution >= 0.6 is 0 Å². The molecule has 0 radical (unpaired) electrons. The number of nitrogens with zero attached hydrogens (tertiary/aromatic N) is 7. The molecule has 1 atom stereocenters. The van der Waals surface area contributed by atoms with Crippen molar-refractivity contribution in [2.24, 2.45) is 0 Å². The van der Waals surface area contributed by atoms with Crippen LogP contribution in [0.3, 0.4) is 0 Å². The van der Waals surface area contributed by atoms with E-state index in [9.17, 15) is 0 Å². The summed E-state index contributed by atoms with van der Waals surface area (Å²) in [5.74, 6) is 1.87. The van der Waals surface area contributed by atoms with Crippen LogP contribution < -0.4 is 9.80 Å². The largest absolute Gasteiger partial charge is 0.344 e. The van der Waals surface area contributed by atoms with Gasteiger partial charge in [-0.05, 0) is 18.0 Å². The first-order valence-corrected chi connectivity index (χ1v) is 6.69. The second-order valence-electron chi connectivity index (χ2n) is 5.05. The molecule has 0 aromatic carbocycles. The summed E-state index contributed by atoms with van der Waals surface area (Å²) in [6.45, 7) is 0.852. The summed E-state index contributed by atoms with van der Waals surface area (Å²) in [4.78, 5) is 16.6. The zero-order chi connectivity index (χ0) is 14.8. The Labute approximate surface area is 122 Å². The topological polar surface area (TPSA) is 95.0 Å². The first-order chi connectivity index (χ1) is 10.2. The molecule has 3 rings (SSSR count). The molecule has 108 valence electrons. The highest BCUT2D eigenvalue weighted by Gasteiger charge is 2.32. The van der Waals surface area contributed by atoms with E-state index in [0.717, 1.165) is 25.2 Å². The van der Waals surface area contributed by atoms with Crippen molar-refractivity contribution in [3.8, 4) is 6.07 Å². The molecule has 3 heterocycles. The zero-order valence-corrected chi connectivity index (χ0v) is 11.9. The van der Waals surface area contributed by atoms with Crippen molar-refractivity contribution < 1.29 is 4.52 Å². The molecule has 21 heavy (non-hydrogen) atoms. The maximum Gasteiger partial charge on any atom is 0.265 e. The minimum atomic E-state index is 0.00781. The fraction of sp³-hybridized carbons (Fsp3) is 0.462. The Bertz CT molecular complexity index is 658. The molecule has 0 saturated carbocycles. The van der Waals surface area contributed by atoms with Crippen LogP contribution in [0.15, 0.2) is 16.9 Å². The van der Waals surface area contributed by atoms with Crippen LogP contribution in [0, 0.1) is 11.3 Å². The van der Waals surface area contributed by atoms with E-state index in [4.69, 9.17) is 9.78 Å². The van der Waals surface area contributed by atoms with Crippen molar-refractivity contribution in [2.45, 2.75) is 18.9 Å². The Morgan fingerprint density at radius 3 is 2.86 bits per heavy atom. The summed E-state index contributed by atoms with van der Waals surface area (Å²) in [7, 11) is 3.74. The molecular formula is C13H15N7O. The van der Waals surface area contributed by atoms with Crippen LogP contribution in [-0.4, -0.2) is 40.7 Å². The second-order valence-corrected chi connectivity index (χ2v) is 5.05. The van der Waals surface area contributed by atoms with Gasteiger partial charge in [-0.15, -0.1) is 0 Å². The predicted molar refractivity (Wildman–Crippen MR) is 74.7 cm³/mol. The summed E-state index contributed by atoms with van der Waals surface area (Å²) >= 11 is 0. The fourth-order valence-corrected chi connectivity index (χ4v) is 2.37. The molecule has 2 aromatic heterocycles. The number of aromatic nitrogens is 4. The molecule has 1 aliphatic heterocycles. The molecule has 1 aliphatic rings. The van der Waals surface area contributed by atoms with Crippen LogP contribution in [0.2, 0.25) is 0 Å². The molecule has 1 fully saturated rings. The normalized spacial score (nSPS) is 17.8. The van der Waals surface area contributed by atoms with Crippen molar-refractivity contribution >= 4 is 11.8 Å². The van der Waals surface area contributed by atoms with Crippen LogP contribution in [0.25, 0.3) is 0 Å². The zero-order valence-electron chi connectivity index (χ0n) is 11.9. The van der Waals surface area contributed by atoms with Crippen LogP contribution in [0.1, 0.15) is 30.5 Å². The molecule has 1 unspecified atom stereocenters. The third kappa shape index (κ3) is 2.50. The highest BCUT2D eigenvalue weighted by Crippen LogP contribution is 2.34. The quantitative estimate of drug-likeness (QED) is 0.828. The van der Waals surface area contributed by atoms with Gasteiger partial charge in [0.1, 0.15) is 17.9 Å². The average Bonchev–Trinajstić information content (AvgIpc) is 3.16. The van der Waals surface area contributed by atoms with E-state index in [1.165, 1.54) is 6.20 Å². The molecule has 0 spiro atoms. The van der Waals surface area contributed by atoms with Crippen LogP contribution in [0.4, 0.5) is 11.8 Å². The van der Waals surface area contributed by atoms with E-state index < -0.39 is 0 Å². The monoisotopic (exact) mass is 285 g/mol. The van der Waals surface area contributed by atoms with E-state index >= 15 is 0 Å². The van der Waals surface area contributed by atoms with Crippen molar-refractivity contribution in [2.75, 3.05) is 30.4 Å². The maximum atomic E-state index is 8.77. The van der Waals surface area contributed by atoms with Gasteiger partial charge in [0.05, 0.1) is 12.4 Å². The molecule has 8 nitrogen and oxygen atoms in total. The van der Waals surface area contributed by atoms with Gasteiger partial charge >= 0.3 is 0 Å². The number of anilines is 2. The maximum absolute atomic E-state index is 8.77. The lowest BCUT2D eigenvalue weighted by Crippen LogP contribution is -2.24. The van der Waals surface area contributed by atoms with Crippen LogP contribution in [-0.2, 0) is 0 Å². The van der Waals surface area contributed by atoms with Crippen molar-refractivity contribution in [3.05, 3.63) is 24.0 Å². The Morgan fingerprint density at radius 2 is 2.24 bits per heavy atom. The molecule has 1 saturated heterocycles. The van der Waals surface area contributed by atoms with Gasteiger partial charge in [0.15, 0.2) is 5.69 Å². The minimum Gasteiger partial charge on any atom is -0.344 e. The lowest BCUT2D eigenvalue weighted by Gasteiger charge is -2.22. The van der Waals surface area contributed by atoms with Gasteiger partial charge in [-0.2, -0.15) is 10.2 Å². The molecule has 0 aliphatic carbocycles. The molecule has 2 aromatic rings. The van der Waals surface area contributed by atoms with Gasteiger partial charge in [-0.1, -0.05) is 0 Å². The summed E-state index contributed by atoms with van der Waals surface area (Å²) in [6, 6.07) is 1.97. The Morgan fingerprint density at radius 1 is 1.38 bits per heavy atom. The standard InChI is InChI=1S/C13H15N7O/c1-19(2)13-17-12(21-18-13)10-4-3-5-20(10)11-8-15-9(6-14)7-16-11/h7-8,10H,3-5H2,1-2H3. The van der Waals surface area contributed by atoms with Gasteiger partial charge in [-0.25, -0.2) is 9.97 Å². The van der Waals surface area contributed by atoms with Gasteiger partial charge in [-0.3, -0.25) is 0 Å². The van der Waals surface area contributed by atoms with E-state index in [1.807, 2.05) is 20.2 Å². The van der Waals surface area contributed by atoms with E-state index in [-0.39, 0.29) is 6.04 Å². The lowest BCUT2D eigenvalue weighted by molar-refractivity contribution is 0.354. The Hall–Kier alpha value is -2.69. The highest BCUT2D eigenvalue weighted by molar-refractivity contribution is 5.41. The van der Waals surface area contributed by atoms with Gasteiger partial charge < -0.3 is 14.3 Å². The highest BCUT2D eigenvalue weighted by atomic mass is 16.5. The molecule has 0 amide bonds. The van der Waals surface area contributed by atoms with Crippen molar-refractivity contribution in [3.63, 3.8) is 0 Å². The minimum absolute atomic E-state index is 0.00781. The first kappa shape index (κ1) is 13.3. The lowest BCUT2D eigenvalue weighted by atomic mass is 10.2. The van der Waals surface area contributed by atoms with Crippen molar-refractivity contribution in [1.82, 2.24) is 20.1 Å². The second kappa shape index (κ2) is 5.36. The van der Waals surface area contributed by atoms with Crippen LogP contribution in [0.5, 0.6) is 0 Å². The van der Waals surface area contributed by atoms with Gasteiger partial charge in [0.2, 0.25) is 0 Å².